The van der Waals surface area contributed by atoms with Crippen LogP contribution in [0.3, 0.4) is 0 Å². The van der Waals surface area contributed by atoms with Crippen LogP contribution in [-0.2, 0) is 4.74 Å². The minimum absolute atomic E-state index is 0.0490. The van der Waals surface area contributed by atoms with Gasteiger partial charge in [-0.3, -0.25) is 4.79 Å². The van der Waals surface area contributed by atoms with E-state index in [1.807, 2.05) is 0 Å². The maximum atomic E-state index is 12.2. The average molecular weight is 356 g/mol. The molecule has 136 valence electrons. The molecule has 7 heteroatoms. The number of esters is 1. The zero-order valence-corrected chi connectivity index (χ0v) is 14.8. The Balaban J connectivity index is 2.41. The number of carbonyl (C=O) groups excluding carboxylic acids is 2. The largest absolute Gasteiger partial charge is 0.462 e. The van der Waals surface area contributed by atoms with Crippen LogP contribution in [0, 0.1) is 0 Å². The third kappa shape index (κ3) is 4.83. The first-order chi connectivity index (χ1) is 12.4. The SMILES string of the molecule is CCOC(=O)c1cc(NC(=O)c2ccccc2)c(=O)oc1/C=C/N(C)C. The number of benzene rings is 1. The summed E-state index contributed by atoms with van der Waals surface area (Å²) in [4.78, 5) is 38.4. The topological polar surface area (TPSA) is 88.8 Å². The van der Waals surface area contributed by atoms with Crippen molar-refractivity contribution in [3.8, 4) is 0 Å². The first-order valence-corrected chi connectivity index (χ1v) is 7.98. The predicted octanol–water partition coefficient (Wildman–Crippen LogP) is 2.60. The Morgan fingerprint density at radius 1 is 1.23 bits per heavy atom. The molecule has 0 bridgehead atoms. The lowest BCUT2D eigenvalue weighted by molar-refractivity contribution is 0.0522. The third-order valence-electron chi connectivity index (χ3n) is 3.28. The van der Waals surface area contributed by atoms with E-state index in [4.69, 9.17) is 9.15 Å². The Hall–Kier alpha value is -3.35. The van der Waals surface area contributed by atoms with Gasteiger partial charge in [-0.2, -0.15) is 0 Å². The maximum absolute atomic E-state index is 12.2. The molecule has 0 aliphatic carbocycles. The molecule has 0 fully saturated rings. The summed E-state index contributed by atoms with van der Waals surface area (Å²) in [5.74, 6) is -1.07. The molecule has 0 atom stereocenters. The zero-order valence-electron chi connectivity index (χ0n) is 14.8. The second kappa shape index (κ2) is 8.66. The van der Waals surface area contributed by atoms with Crippen LogP contribution in [0.15, 0.2) is 51.8 Å². The van der Waals surface area contributed by atoms with E-state index in [1.54, 1.807) is 62.5 Å². The maximum Gasteiger partial charge on any atom is 0.360 e. The van der Waals surface area contributed by atoms with Gasteiger partial charge in [0, 0.05) is 25.9 Å². The van der Waals surface area contributed by atoms with Crippen LogP contribution in [0.2, 0.25) is 0 Å². The fraction of sp³-hybridized carbons (Fsp3) is 0.211. The van der Waals surface area contributed by atoms with Crippen molar-refractivity contribution in [1.29, 1.82) is 0 Å². The summed E-state index contributed by atoms with van der Waals surface area (Å²) in [5, 5.41) is 2.47. The minimum atomic E-state index is -0.763. The number of hydrogen-bond donors (Lipinski definition) is 1. The Morgan fingerprint density at radius 2 is 1.92 bits per heavy atom. The highest BCUT2D eigenvalue weighted by Gasteiger charge is 2.19. The summed E-state index contributed by atoms with van der Waals surface area (Å²) in [7, 11) is 3.57. The number of carbonyl (C=O) groups is 2. The molecule has 1 aromatic heterocycles. The molecule has 7 nitrogen and oxygen atoms in total. The van der Waals surface area contributed by atoms with Crippen molar-refractivity contribution >= 4 is 23.6 Å². The summed E-state index contributed by atoms with van der Waals surface area (Å²) < 4.78 is 10.2. The molecule has 1 amide bonds. The van der Waals surface area contributed by atoms with Gasteiger partial charge in [0.2, 0.25) is 0 Å². The number of nitrogens with one attached hydrogen (secondary N) is 1. The molecule has 1 heterocycles. The van der Waals surface area contributed by atoms with Crippen LogP contribution in [0.1, 0.15) is 33.4 Å². The van der Waals surface area contributed by atoms with E-state index in [0.29, 0.717) is 5.56 Å². The number of anilines is 1. The lowest BCUT2D eigenvalue weighted by atomic mass is 10.1. The minimum Gasteiger partial charge on any atom is -0.462 e. The number of hydrogen-bond acceptors (Lipinski definition) is 6. The highest BCUT2D eigenvalue weighted by molar-refractivity contribution is 6.04. The van der Waals surface area contributed by atoms with Crippen molar-refractivity contribution in [3.63, 3.8) is 0 Å². The average Bonchev–Trinajstić information content (AvgIpc) is 2.62. The number of ether oxygens (including phenoxy) is 1. The highest BCUT2D eigenvalue weighted by atomic mass is 16.5. The molecule has 26 heavy (non-hydrogen) atoms. The normalized spacial score (nSPS) is 10.6. The molecule has 2 aromatic rings. The number of amides is 1. The first kappa shape index (κ1) is 19.0. The van der Waals surface area contributed by atoms with Crippen LogP contribution >= 0.6 is 0 Å². The van der Waals surface area contributed by atoms with Crippen LogP contribution in [-0.4, -0.2) is 37.5 Å². The summed E-state index contributed by atoms with van der Waals surface area (Å²) in [6, 6.07) is 9.66. The molecule has 0 spiro atoms. The van der Waals surface area contributed by atoms with Crippen LogP contribution < -0.4 is 10.9 Å². The molecule has 1 N–H and O–H groups in total. The van der Waals surface area contributed by atoms with Gasteiger partial charge in [-0.25, -0.2) is 9.59 Å². The second-order valence-electron chi connectivity index (χ2n) is 5.55. The first-order valence-electron chi connectivity index (χ1n) is 7.98. The van der Waals surface area contributed by atoms with E-state index in [-0.39, 0.29) is 23.6 Å². The summed E-state index contributed by atoms with van der Waals surface area (Å²) >= 11 is 0. The van der Waals surface area contributed by atoms with E-state index >= 15 is 0 Å². The van der Waals surface area contributed by atoms with Gasteiger partial charge in [0.05, 0.1) is 6.61 Å². The van der Waals surface area contributed by atoms with Crippen molar-refractivity contribution in [2.24, 2.45) is 0 Å². The molecule has 2 rings (SSSR count). The molecule has 0 aliphatic rings. The fourth-order valence-corrected chi connectivity index (χ4v) is 2.06. The van der Waals surface area contributed by atoms with Crippen LogP contribution in [0.25, 0.3) is 6.08 Å². The Kier molecular flexibility index (Phi) is 6.32. The second-order valence-corrected chi connectivity index (χ2v) is 5.55. The monoisotopic (exact) mass is 356 g/mol. The van der Waals surface area contributed by atoms with Crippen molar-refractivity contribution in [3.05, 3.63) is 69.9 Å². The summed E-state index contributed by atoms with van der Waals surface area (Å²) in [5.41, 5.74) is -0.473. The molecule has 0 saturated heterocycles. The Morgan fingerprint density at radius 3 is 2.54 bits per heavy atom. The fourth-order valence-electron chi connectivity index (χ4n) is 2.06. The van der Waals surface area contributed by atoms with E-state index < -0.39 is 17.5 Å². The molecule has 0 radical (unpaired) electrons. The van der Waals surface area contributed by atoms with Crippen molar-refractivity contribution in [2.75, 3.05) is 26.0 Å². The molecule has 0 aliphatic heterocycles. The van der Waals surface area contributed by atoms with Crippen molar-refractivity contribution in [2.45, 2.75) is 6.92 Å². The summed E-state index contributed by atoms with van der Waals surface area (Å²) in [6.07, 6.45) is 3.11. The van der Waals surface area contributed by atoms with Crippen molar-refractivity contribution < 1.29 is 18.7 Å². The lowest BCUT2D eigenvalue weighted by Gasteiger charge is -2.09. The Labute approximate surface area is 150 Å². The molecular weight excluding hydrogens is 336 g/mol. The van der Waals surface area contributed by atoms with Crippen LogP contribution in [0.5, 0.6) is 0 Å². The molecular formula is C19H20N2O5. The smallest absolute Gasteiger partial charge is 0.360 e. The van der Waals surface area contributed by atoms with Crippen molar-refractivity contribution in [1.82, 2.24) is 4.90 Å². The number of nitrogens with zero attached hydrogens (tertiary/aromatic N) is 1. The number of rotatable bonds is 6. The quantitative estimate of drug-likeness (QED) is 0.801. The van der Waals surface area contributed by atoms with Gasteiger partial charge < -0.3 is 19.4 Å². The predicted molar refractivity (Wildman–Crippen MR) is 98.1 cm³/mol. The van der Waals surface area contributed by atoms with Gasteiger partial charge in [0.25, 0.3) is 5.91 Å². The van der Waals surface area contributed by atoms with Gasteiger partial charge in [-0.15, -0.1) is 0 Å². The van der Waals surface area contributed by atoms with Gasteiger partial charge in [0.15, 0.2) is 0 Å². The molecule has 1 aromatic carbocycles. The van der Waals surface area contributed by atoms with Crippen LogP contribution in [0.4, 0.5) is 5.69 Å². The van der Waals surface area contributed by atoms with E-state index in [9.17, 15) is 14.4 Å². The molecule has 0 saturated carbocycles. The van der Waals surface area contributed by atoms with Gasteiger partial charge in [0.1, 0.15) is 17.0 Å². The third-order valence-corrected chi connectivity index (χ3v) is 3.28. The van der Waals surface area contributed by atoms with Gasteiger partial charge >= 0.3 is 11.6 Å². The summed E-state index contributed by atoms with van der Waals surface area (Å²) in [6.45, 7) is 1.84. The Bertz CT molecular complexity index is 869. The van der Waals surface area contributed by atoms with Gasteiger partial charge in [-0.1, -0.05) is 18.2 Å². The standard InChI is InChI=1S/C19H20N2O5/c1-4-25-18(23)14-12-15(19(24)26-16(14)10-11-21(2)3)20-17(22)13-8-6-5-7-9-13/h5-12H,4H2,1-3H3,(H,20,22)/b11-10+. The highest BCUT2D eigenvalue weighted by Crippen LogP contribution is 2.16. The van der Waals surface area contributed by atoms with E-state index in [0.717, 1.165) is 0 Å². The zero-order chi connectivity index (χ0) is 19.1. The molecule has 0 unspecified atom stereocenters. The van der Waals surface area contributed by atoms with E-state index in [2.05, 4.69) is 5.32 Å². The lowest BCUT2D eigenvalue weighted by Crippen LogP contribution is -2.20. The van der Waals surface area contributed by atoms with Gasteiger partial charge in [-0.05, 0) is 31.2 Å². The van der Waals surface area contributed by atoms with E-state index in [1.165, 1.54) is 12.1 Å².